The van der Waals surface area contributed by atoms with Crippen molar-refractivity contribution in [3.63, 3.8) is 0 Å². The molecule has 5 aromatic rings. The number of halogens is 1. The van der Waals surface area contributed by atoms with Crippen molar-refractivity contribution in [2.75, 3.05) is 5.32 Å². The third kappa shape index (κ3) is 5.88. The lowest BCUT2D eigenvalue weighted by atomic mass is 10.0. The maximum absolute atomic E-state index is 13.3. The molecule has 0 unspecified atom stereocenters. The van der Waals surface area contributed by atoms with E-state index in [-0.39, 0.29) is 29.6 Å². The molecular weight excluding hydrogens is 491 g/mol. The number of carbonyl (C=O) groups excluding carboxylic acids is 2. The van der Waals surface area contributed by atoms with E-state index in [0.717, 1.165) is 21.9 Å². The molecule has 5 rings (SSSR count). The largest absolute Gasteiger partial charge is 0.346 e. The van der Waals surface area contributed by atoms with Crippen LogP contribution < -0.4 is 10.6 Å². The lowest BCUT2D eigenvalue weighted by molar-refractivity contribution is -0.118. The molecule has 0 saturated carbocycles. The highest BCUT2D eigenvalue weighted by Crippen LogP contribution is 2.28. The summed E-state index contributed by atoms with van der Waals surface area (Å²) in [5.74, 6) is -0.333. The number of aromatic nitrogens is 2. The minimum Gasteiger partial charge on any atom is -0.346 e. The van der Waals surface area contributed by atoms with Crippen LogP contribution in [0.5, 0.6) is 0 Å². The number of fused-ring (bicyclic) bond motifs is 1. The lowest BCUT2D eigenvalue weighted by Gasteiger charge is -2.16. The first-order chi connectivity index (χ1) is 18.8. The molecule has 1 atom stereocenters. The van der Waals surface area contributed by atoms with Gasteiger partial charge in [0.15, 0.2) is 0 Å². The van der Waals surface area contributed by atoms with Gasteiger partial charge in [-0.25, -0.2) is 9.37 Å². The van der Waals surface area contributed by atoms with E-state index in [1.165, 1.54) is 12.1 Å². The summed E-state index contributed by atoms with van der Waals surface area (Å²) in [4.78, 5) is 33.7. The molecule has 0 fully saturated rings. The first-order valence-electron chi connectivity index (χ1n) is 12.8. The fourth-order valence-electron chi connectivity index (χ4n) is 4.34. The maximum Gasteiger partial charge on any atom is 0.251 e. The Hall–Kier alpha value is -4.78. The molecule has 2 amide bonds. The van der Waals surface area contributed by atoms with Crippen molar-refractivity contribution in [2.24, 2.45) is 5.92 Å². The van der Waals surface area contributed by atoms with Crippen molar-refractivity contribution in [1.29, 1.82) is 0 Å². The predicted molar refractivity (Wildman–Crippen MR) is 153 cm³/mol. The Bertz CT molecular complexity index is 1660. The number of carbonyl (C=O) groups is 2. The second kappa shape index (κ2) is 10.9. The average molecular weight is 521 g/mol. The molecule has 1 heterocycles. The Balaban J connectivity index is 1.47. The molecule has 4 aromatic carbocycles. The zero-order valence-electron chi connectivity index (χ0n) is 22.0. The van der Waals surface area contributed by atoms with Crippen LogP contribution in [-0.4, -0.2) is 21.8 Å². The quantitative estimate of drug-likeness (QED) is 0.213. The minimum atomic E-state index is -0.345. The van der Waals surface area contributed by atoms with Gasteiger partial charge in [0.05, 0.1) is 17.9 Å². The van der Waals surface area contributed by atoms with Gasteiger partial charge in [0.1, 0.15) is 11.6 Å². The third-order valence-electron chi connectivity index (χ3n) is 6.61. The first kappa shape index (κ1) is 25.9. The number of hydrogen-bond donors (Lipinski definition) is 3. The summed E-state index contributed by atoms with van der Waals surface area (Å²) in [5, 5.41) is 8.12. The molecule has 6 nitrogen and oxygen atoms in total. The first-order valence-corrected chi connectivity index (χ1v) is 12.8. The van der Waals surface area contributed by atoms with E-state index >= 15 is 0 Å². The van der Waals surface area contributed by atoms with E-state index in [1.807, 2.05) is 45.0 Å². The van der Waals surface area contributed by atoms with Crippen molar-refractivity contribution < 1.29 is 14.0 Å². The van der Waals surface area contributed by atoms with Crippen LogP contribution in [0, 0.1) is 11.7 Å². The number of amides is 2. The second-order valence-corrected chi connectivity index (χ2v) is 9.90. The number of aromatic amines is 1. The molecule has 0 spiro atoms. The number of anilines is 1. The molecule has 196 valence electrons. The van der Waals surface area contributed by atoms with E-state index in [1.54, 1.807) is 30.5 Å². The van der Waals surface area contributed by atoms with Crippen LogP contribution in [0.3, 0.4) is 0 Å². The van der Waals surface area contributed by atoms with Crippen LogP contribution in [0.1, 0.15) is 42.7 Å². The van der Waals surface area contributed by atoms with Crippen molar-refractivity contribution in [3.05, 3.63) is 108 Å². The van der Waals surface area contributed by atoms with E-state index in [2.05, 4.69) is 44.9 Å². The highest BCUT2D eigenvalue weighted by atomic mass is 19.1. The number of imidazole rings is 1. The summed E-state index contributed by atoms with van der Waals surface area (Å²) in [6, 6.07) is 25.2. The van der Waals surface area contributed by atoms with Gasteiger partial charge in [-0.05, 0) is 59.7 Å². The standard InChI is InChI=1S/C32H29FN4O2/c1-19(2)31(38)36-28-16-25(15-26(17-28)32(39)35-20(3)21-10-12-27(33)13-11-21)29-18-34-30(37-29)24-9-8-22-6-4-5-7-23(22)14-24/h4-20H,1-3H3,(H,34,37)(H,35,39)(H,36,38)/t20-/m0/s1. The van der Waals surface area contributed by atoms with Crippen molar-refractivity contribution >= 4 is 28.3 Å². The van der Waals surface area contributed by atoms with Gasteiger partial charge in [-0.3, -0.25) is 9.59 Å². The Morgan fingerprint density at radius 1 is 0.846 bits per heavy atom. The molecule has 0 radical (unpaired) electrons. The summed E-state index contributed by atoms with van der Waals surface area (Å²) in [6.07, 6.45) is 1.72. The summed E-state index contributed by atoms with van der Waals surface area (Å²) in [7, 11) is 0. The molecule has 1 aromatic heterocycles. The van der Waals surface area contributed by atoms with Gasteiger partial charge in [0.25, 0.3) is 5.91 Å². The van der Waals surface area contributed by atoms with Gasteiger partial charge < -0.3 is 15.6 Å². The second-order valence-electron chi connectivity index (χ2n) is 9.90. The number of nitrogens with one attached hydrogen (secondary N) is 3. The SMILES string of the molecule is CC(C)C(=O)Nc1cc(C(=O)N[C@@H](C)c2ccc(F)cc2)cc(-c2cnc(-c3ccc4ccccc4c3)[nH]2)c1. The van der Waals surface area contributed by atoms with Gasteiger partial charge in [-0.2, -0.15) is 0 Å². The van der Waals surface area contributed by atoms with Crippen LogP contribution in [-0.2, 0) is 4.79 Å². The number of hydrogen-bond acceptors (Lipinski definition) is 3. The molecular formula is C32H29FN4O2. The number of nitrogens with zero attached hydrogens (tertiary/aromatic N) is 1. The Morgan fingerprint density at radius 3 is 2.33 bits per heavy atom. The number of H-pyrrole nitrogens is 1. The molecule has 0 saturated heterocycles. The zero-order chi connectivity index (χ0) is 27.5. The van der Waals surface area contributed by atoms with E-state index in [0.29, 0.717) is 28.3 Å². The minimum absolute atomic E-state index is 0.153. The van der Waals surface area contributed by atoms with Gasteiger partial charge in [0.2, 0.25) is 5.91 Å². The smallest absolute Gasteiger partial charge is 0.251 e. The van der Waals surface area contributed by atoms with E-state index in [9.17, 15) is 14.0 Å². The van der Waals surface area contributed by atoms with Crippen LogP contribution in [0.25, 0.3) is 33.4 Å². The summed E-state index contributed by atoms with van der Waals surface area (Å²) in [6.45, 7) is 5.45. The van der Waals surface area contributed by atoms with Gasteiger partial charge in [-0.15, -0.1) is 0 Å². The molecule has 7 heteroatoms. The van der Waals surface area contributed by atoms with E-state index < -0.39 is 0 Å². The van der Waals surface area contributed by atoms with Crippen LogP contribution >= 0.6 is 0 Å². The van der Waals surface area contributed by atoms with Crippen molar-refractivity contribution in [2.45, 2.75) is 26.8 Å². The Kier molecular flexibility index (Phi) is 7.23. The van der Waals surface area contributed by atoms with Gasteiger partial charge in [-0.1, -0.05) is 62.4 Å². The normalized spacial score (nSPS) is 11.9. The number of rotatable bonds is 7. The number of benzene rings is 4. The lowest BCUT2D eigenvalue weighted by Crippen LogP contribution is -2.27. The Labute approximate surface area is 226 Å². The summed E-state index contributed by atoms with van der Waals surface area (Å²) in [5.41, 5.74) is 4.02. The molecule has 0 aliphatic heterocycles. The highest BCUT2D eigenvalue weighted by Gasteiger charge is 2.17. The fraction of sp³-hybridized carbons (Fsp3) is 0.156. The maximum atomic E-state index is 13.3. The Morgan fingerprint density at radius 2 is 1.59 bits per heavy atom. The van der Waals surface area contributed by atoms with Gasteiger partial charge in [0, 0.05) is 28.3 Å². The monoisotopic (exact) mass is 520 g/mol. The molecule has 0 aliphatic rings. The molecule has 0 aliphatic carbocycles. The molecule has 0 bridgehead atoms. The highest BCUT2D eigenvalue weighted by molar-refractivity contribution is 5.99. The van der Waals surface area contributed by atoms with Crippen molar-refractivity contribution in [1.82, 2.24) is 15.3 Å². The summed E-state index contributed by atoms with van der Waals surface area (Å²) < 4.78 is 13.3. The predicted octanol–water partition coefficient (Wildman–Crippen LogP) is 7.12. The van der Waals surface area contributed by atoms with Crippen LogP contribution in [0.15, 0.2) is 91.1 Å². The van der Waals surface area contributed by atoms with Gasteiger partial charge >= 0.3 is 0 Å². The zero-order valence-corrected chi connectivity index (χ0v) is 22.0. The third-order valence-corrected chi connectivity index (χ3v) is 6.61. The molecule has 39 heavy (non-hydrogen) atoms. The summed E-state index contributed by atoms with van der Waals surface area (Å²) >= 11 is 0. The van der Waals surface area contributed by atoms with Crippen LogP contribution in [0.2, 0.25) is 0 Å². The fourth-order valence-corrected chi connectivity index (χ4v) is 4.34. The van der Waals surface area contributed by atoms with Crippen LogP contribution in [0.4, 0.5) is 10.1 Å². The van der Waals surface area contributed by atoms with Crippen molar-refractivity contribution in [3.8, 4) is 22.6 Å². The average Bonchev–Trinajstić information content (AvgIpc) is 3.43. The topological polar surface area (TPSA) is 86.9 Å². The molecule has 3 N–H and O–H groups in total. The van der Waals surface area contributed by atoms with E-state index in [4.69, 9.17) is 0 Å².